The van der Waals surface area contributed by atoms with Crippen molar-refractivity contribution in [3.8, 4) is 0 Å². The Kier molecular flexibility index (Phi) is 4.20. The predicted molar refractivity (Wildman–Crippen MR) is 99.4 cm³/mol. The molecular weight excluding hydrogens is 369 g/mol. The minimum absolute atomic E-state index is 0.0708. The first-order chi connectivity index (χ1) is 12.8. The van der Waals surface area contributed by atoms with Crippen molar-refractivity contribution in [2.75, 3.05) is 18.4 Å². The van der Waals surface area contributed by atoms with Crippen molar-refractivity contribution in [3.63, 3.8) is 0 Å². The van der Waals surface area contributed by atoms with E-state index in [1.807, 2.05) is 25.1 Å². The predicted octanol–water partition coefficient (Wildman–Crippen LogP) is 2.47. The molecule has 1 spiro atoms. The zero-order valence-electron chi connectivity index (χ0n) is 14.8. The fourth-order valence-corrected chi connectivity index (χ4v) is 5.20. The highest BCUT2D eigenvalue weighted by molar-refractivity contribution is 7.89. The molecular formula is C19H20FN3O3S. The topological polar surface area (TPSA) is 78.5 Å². The molecule has 0 aliphatic carbocycles. The molecule has 2 aliphatic rings. The first kappa shape index (κ1) is 17.9. The van der Waals surface area contributed by atoms with Crippen molar-refractivity contribution >= 4 is 21.6 Å². The standard InChI is InChI=1S/C19H20FN3O3S/c1-13-3-2-4-16-17(13)18(24)22-19(21-16)9-11-23(12-10-19)27(25,26)15-7-5-14(20)6-8-15/h2-8,21H,9-12H2,1H3,(H,22,24). The smallest absolute Gasteiger partial charge is 0.255 e. The van der Waals surface area contributed by atoms with E-state index in [1.165, 1.54) is 16.4 Å². The van der Waals surface area contributed by atoms with E-state index in [1.54, 1.807) is 0 Å². The molecule has 0 radical (unpaired) electrons. The zero-order valence-corrected chi connectivity index (χ0v) is 15.6. The average molecular weight is 389 g/mol. The van der Waals surface area contributed by atoms with E-state index in [4.69, 9.17) is 0 Å². The van der Waals surface area contributed by atoms with Crippen LogP contribution in [-0.4, -0.2) is 37.4 Å². The molecule has 4 rings (SSSR count). The number of carbonyl (C=O) groups excluding carboxylic acids is 1. The molecule has 1 saturated heterocycles. The maximum absolute atomic E-state index is 13.1. The van der Waals surface area contributed by atoms with Crippen LogP contribution in [0.1, 0.15) is 28.8 Å². The van der Waals surface area contributed by atoms with Crippen LogP contribution in [0.5, 0.6) is 0 Å². The first-order valence-electron chi connectivity index (χ1n) is 8.77. The molecule has 0 bridgehead atoms. The molecule has 0 saturated carbocycles. The third kappa shape index (κ3) is 3.08. The average Bonchev–Trinajstić information content (AvgIpc) is 2.62. The molecule has 2 aliphatic heterocycles. The Morgan fingerprint density at radius 3 is 2.37 bits per heavy atom. The van der Waals surface area contributed by atoms with Crippen LogP contribution < -0.4 is 10.6 Å². The van der Waals surface area contributed by atoms with Crippen molar-refractivity contribution in [3.05, 3.63) is 59.4 Å². The number of fused-ring (bicyclic) bond motifs is 1. The van der Waals surface area contributed by atoms with Gasteiger partial charge in [0, 0.05) is 31.6 Å². The second-order valence-electron chi connectivity index (χ2n) is 7.02. The zero-order chi connectivity index (χ0) is 19.2. The summed E-state index contributed by atoms with van der Waals surface area (Å²) < 4.78 is 40.0. The van der Waals surface area contributed by atoms with E-state index in [-0.39, 0.29) is 23.9 Å². The summed E-state index contributed by atoms with van der Waals surface area (Å²) in [5.41, 5.74) is 1.63. The fourth-order valence-electron chi connectivity index (χ4n) is 3.76. The highest BCUT2D eigenvalue weighted by atomic mass is 32.2. The number of hydrogen-bond donors (Lipinski definition) is 2. The number of nitrogens with one attached hydrogen (secondary N) is 2. The quantitative estimate of drug-likeness (QED) is 0.827. The summed E-state index contributed by atoms with van der Waals surface area (Å²) in [5, 5.41) is 6.43. The van der Waals surface area contributed by atoms with Gasteiger partial charge in [-0.15, -0.1) is 0 Å². The van der Waals surface area contributed by atoms with Crippen LogP contribution in [-0.2, 0) is 10.0 Å². The molecule has 1 fully saturated rings. The van der Waals surface area contributed by atoms with E-state index in [2.05, 4.69) is 10.6 Å². The Labute approximate surface area is 157 Å². The summed E-state index contributed by atoms with van der Waals surface area (Å²) in [5.74, 6) is -0.619. The number of nitrogens with zero attached hydrogens (tertiary/aromatic N) is 1. The molecule has 2 aromatic rings. The van der Waals surface area contributed by atoms with Crippen LogP contribution in [0, 0.1) is 12.7 Å². The van der Waals surface area contributed by atoms with Gasteiger partial charge in [-0.25, -0.2) is 12.8 Å². The van der Waals surface area contributed by atoms with Gasteiger partial charge < -0.3 is 10.6 Å². The van der Waals surface area contributed by atoms with Crippen LogP contribution in [0.4, 0.5) is 10.1 Å². The summed E-state index contributed by atoms with van der Waals surface area (Å²) in [6.45, 7) is 2.40. The van der Waals surface area contributed by atoms with E-state index in [0.29, 0.717) is 18.4 Å². The number of aryl methyl sites for hydroxylation is 1. The Hall–Kier alpha value is -2.45. The maximum Gasteiger partial charge on any atom is 0.255 e. The number of anilines is 1. The van der Waals surface area contributed by atoms with Gasteiger partial charge >= 0.3 is 0 Å². The number of halogens is 1. The van der Waals surface area contributed by atoms with Crippen molar-refractivity contribution < 1.29 is 17.6 Å². The number of piperidine rings is 1. The fraction of sp³-hybridized carbons (Fsp3) is 0.316. The molecule has 2 N–H and O–H groups in total. The number of amides is 1. The number of rotatable bonds is 2. The second kappa shape index (κ2) is 6.31. The minimum Gasteiger partial charge on any atom is -0.362 e. The Morgan fingerprint density at radius 1 is 1.04 bits per heavy atom. The molecule has 0 atom stereocenters. The van der Waals surface area contributed by atoms with E-state index < -0.39 is 21.5 Å². The summed E-state index contributed by atoms with van der Waals surface area (Å²) in [7, 11) is -3.69. The monoisotopic (exact) mass is 389 g/mol. The largest absolute Gasteiger partial charge is 0.362 e. The third-order valence-corrected chi connectivity index (χ3v) is 7.17. The van der Waals surface area contributed by atoms with Gasteiger partial charge in [0.2, 0.25) is 10.0 Å². The van der Waals surface area contributed by atoms with Crippen LogP contribution in [0.25, 0.3) is 0 Å². The van der Waals surface area contributed by atoms with Gasteiger partial charge in [-0.2, -0.15) is 4.31 Å². The SMILES string of the molecule is Cc1cccc2c1C(=O)NC1(CCN(S(=O)(=O)c3ccc(F)cc3)CC1)N2. The van der Waals surface area contributed by atoms with Crippen molar-refractivity contribution in [2.24, 2.45) is 0 Å². The highest BCUT2D eigenvalue weighted by Gasteiger charge is 2.42. The van der Waals surface area contributed by atoms with Crippen molar-refractivity contribution in [1.29, 1.82) is 0 Å². The highest BCUT2D eigenvalue weighted by Crippen LogP contribution is 2.34. The molecule has 2 heterocycles. The lowest BCUT2D eigenvalue weighted by Crippen LogP contribution is -2.62. The number of benzene rings is 2. The Morgan fingerprint density at radius 2 is 1.70 bits per heavy atom. The summed E-state index contributed by atoms with van der Waals surface area (Å²) in [4.78, 5) is 12.7. The molecule has 1 amide bonds. The normalized spacial score (nSPS) is 19.3. The van der Waals surface area contributed by atoms with Gasteiger partial charge in [0.25, 0.3) is 5.91 Å². The maximum atomic E-state index is 13.1. The number of sulfonamides is 1. The lowest BCUT2D eigenvalue weighted by Gasteiger charge is -2.45. The molecule has 6 nitrogen and oxygen atoms in total. The molecule has 0 unspecified atom stereocenters. The minimum atomic E-state index is -3.69. The molecule has 8 heteroatoms. The van der Waals surface area contributed by atoms with E-state index >= 15 is 0 Å². The van der Waals surface area contributed by atoms with Crippen molar-refractivity contribution in [1.82, 2.24) is 9.62 Å². The van der Waals surface area contributed by atoms with Gasteiger partial charge in [-0.05, 0) is 42.8 Å². The first-order valence-corrected chi connectivity index (χ1v) is 10.2. The lowest BCUT2D eigenvalue weighted by atomic mass is 9.92. The van der Waals surface area contributed by atoms with Crippen LogP contribution in [0.15, 0.2) is 47.4 Å². The number of carbonyl (C=O) groups is 1. The van der Waals surface area contributed by atoms with Crippen LogP contribution in [0.3, 0.4) is 0 Å². The van der Waals surface area contributed by atoms with Gasteiger partial charge in [0.1, 0.15) is 11.5 Å². The summed E-state index contributed by atoms with van der Waals surface area (Å²) in [6.07, 6.45) is 0.874. The molecule has 0 aromatic heterocycles. The van der Waals surface area contributed by atoms with Gasteiger partial charge in [0.05, 0.1) is 10.5 Å². The third-order valence-electron chi connectivity index (χ3n) is 5.25. The summed E-state index contributed by atoms with van der Waals surface area (Å²) >= 11 is 0. The van der Waals surface area contributed by atoms with Crippen LogP contribution >= 0.6 is 0 Å². The molecule has 142 valence electrons. The molecule has 27 heavy (non-hydrogen) atoms. The summed E-state index contributed by atoms with van der Waals surface area (Å²) in [6, 6.07) is 10.5. The Bertz CT molecular complexity index is 997. The molecule has 2 aromatic carbocycles. The van der Waals surface area contributed by atoms with E-state index in [0.717, 1.165) is 23.4 Å². The van der Waals surface area contributed by atoms with E-state index in [9.17, 15) is 17.6 Å². The van der Waals surface area contributed by atoms with Gasteiger partial charge in [0.15, 0.2) is 0 Å². The van der Waals surface area contributed by atoms with Crippen LogP contribution in [0.2, 0.25) is 0 Å². The van der Waals surface area contributed by atoms with Gasteiger partial charge in [-0.3, -0.25) is 4.79 Å². The van der Waals surface area contributed by atoms with Gasteiger partial charge in [-0.1, -0.05) is 12.1 Å². The number of hydrogen-bond acceptors (Lipinski definition) is 4. The Balaban J connectivity index is 1.54. The van der Waals surface area contributed by atoms with Crippen molar-refractivity contribution in [2.45, 2.75) is 30.3 Å². The lowest BCUT2D eigenvalue weighted by molar-refractivity contribution is 0.0864. The second-order valence-corrected chi connectivity index (χ2v) is 8.95.